The summed E-state index contributed by atoms with van der Waals surface area (Å²) < 4.78 is 30.8. The average molecular weight is 256 g/mol. The molecule has 1 aromatic rings. The first-order valence-corrected chi connectivity index (χ1v) is 7.17. The van der Waals surface area contributed by atoms with E-state index in [0.717, 1.165) is 12.0 Å². The fourth-order valence-corrected chi connectivity index (χ4v) is 2.70. The minimum atomic E-state index is -4.09. The van der Waals surface area contributed by atoms with Gasteiger partial charge in [0.05, 0.1) is 4.90 Å². The van der Waals surface area contributed by atoms with Crippen LogP contribution in [0.1, 0.15) is 45.6 Å². The Morgan fingerprint density at radius 2 is 1.65 bits per heavy atom. The van der Waals surface area contributed by atoms with Gasteiger partial charge < -0.3 is 0 Å². The molecule has 0 amide bonds. The molecule has 0 saturated heterocycles. The van der Waals surface area contributed by atoms with Gasteiger partial charge in [-0.3, -0.25) is 4.55 Å². The normalized spacial score (nSPS) is 14.6. The quantitative estimate of drug-likeness (QED) is 0.842. The van der Waals surface area contributed by atoms with Gasteiger partial charge in [-0.25, -0.2) is 0 Å². The lowest BCUT2D eigenvalue weighted by molar-refractivity contribution is 0.312. The van der Waals surface area contributed by atoms with Crippen LogP contribution in [-0.4, -0.2) is 13.0 Å². The summed E-state index contributed by atoms with van der Waals surface area (Å²) in [7, 11) is -4.09. The third-order valence-corrected chi connectivity index (χ3v) is 3.90. The topological polar surface area (TPSA) is 54.4 Å². The molecule has 0 heterocycles. The second kappa shape index (κ2) is 4.78. The SMILES string of the molecule is CCC(c1ccc(S(=O)(=O)O)cc1)C(C)(C)C. The van der Waals surface area contributed by atoms with Gasteiger partial charge in [0, 0.05) is 0 Å². The van der Waals surface area contributed by atoms with Crippen LogP contribution in [0.5, 0.6) is 0 Å². The van der Waals surface area contributed by atoms with Crippen LogP contribution in [0.15, 0.2) is 29.2 Å². The molecule has 0 aromatic heterocycles. The first-order chi connectivity index (χ1) is 7.66. The zero-order valence-electron chi connectivity index (χ0n) is 10.8. The van der Waals surface area contributed by atoms with Crippen molar-refractivity contribution in [3.63, 3.8) is 0 Å². The second-order valence-corrected chi connectivity index (χ2v) is 6.79. The molecule has 0 spiro atoms. The average Bonchev–Trinajstić information content (AvgIpc) is 2.16. The molecule has 0 radical (unpaired) electrons. The van der Waals surface area contributed by atoms with Gasteiger partial charge in [0.15, 0.2) is 0 Å². The maximum Gasteiger partial charge on any atom is 0.294 e. The molecule has 0 fully saturated rings. The molecule has 3 nitrogen and oxygen atoms in total. The summed E-state index contributed by atoms with van der Waals surface area (Å²) in [5, 5.41) is 0. The van der Waals surface area contributed by atoms with Crippen LogP contribution in [0.4, 0.5) is 0 Å². The Hall–Kier alpha value is -0.870. The van der Waals surface area contributed by atoms with E-state index >= 15 is 0 Å². The van der Waals surface area contributed by atoms with Crippen LogP contribution in [-0.2, 0) is 10.1 Å². The molecule has 0 aliphatic carbocycles. The molecule has 0 aliphatic rings. The highest BCUT2D eigenvalue weighted by atomic mass is 32.2. The summed E-state index contributed by atoms with van der Waals surface area (Å²) in [5.74, 6) is 0.373. The zero-order chi connectivity index (χ0) is 13.3. The van der Waals surface area contributed by atoms with Crippen molar-refractivity contribution >= 4 is 10.1 Å². The minimum Gasteiger partial charge on any atom is -0.282 e. The highest BCUT2D eigenvalue weighted by molar-refractivity contribution is 7.85. The maximum absolute atomic E-state index is 10.9. The molecule has 17 heavy (non-hydrogen) atoms. The lowest BCUT2D eigenvalue weighted by Gasteiger charge is -2.30. The van der Waals surface area contributed by atoms with Crippen molar-refractivity contribution in [2.45, 2.75) is 44.9 Å². The summed E-state index contributed by atoms with van der Waals surface area (Å²) in [4.78, 5) is -0.0509. The molecule has 96 valence electrons. The summed E-state index contributed by atoms with van der Waals surface area (Å²) in [6, 6.07) is 6.48. The van der Waals surface area contributed by atoms with Crippen molar-refractivity contribution in [1.29, 1.82) is 0 Å². The summed E-state index contributed by atoms with van der Waals surface area (Å²) in [6.45, 7) is 8.61. The van der Waals surface area contributed by atoms with Gasteiger partial charge in [0.1, 0.15) is 0 Å². The molecule has 0 aliphatic heterocycles. The standard InChI is InChI=1S/C13H20O3S/c1-5-12(13(2,3)4)10-6-8-11(9-7-10)17(14,15)16/h6-9,12H,5H2,1-4H3,(H,14,15,16). The molecular weight excluding hydrogens is 236 g/mol. The van der Waals surface area contributed by atoms with Crippen molar-refractivity contribution in [1.82, 2.24) is 0 Å². The highest BCUT2D eigenvalue weighted by Crippen LogP contribution is 2.37. The van der Waals surface area contributed by atoms with E-state index in [1.807, 2.05) is 0 Å². The summed E-state index contributed by atoms with van der Waals surface area (Å²) >= 11 is 0. The Kier molecular flexibility index (Phi) is 3.99. The Labute approximate surface area is 104 Å². The van der Waals surface area contributed by atoms with Crippen LogP contribution in [0.25, 0.3) is 0 Å². The molecule has 0 saturated carbocycles. The second-order valence-electron chi connectivity index (χ2n) is 5.37. The van der Waals surface area contributed by atoms with Crippen LogP contribution in [0.3, 0.4) is 0 Å². The van der Waals surface area contributed by atoms with Crippen molar-refractivity contribution in [2.75, 3.05) is 0 Å². The Morgan fingerprint density at radius 3 is 1.94 bits per heavy atom. The molecule has 1 unspecified atom stereocenters. The number of hydrogen-bond donors (Lipinski definition) is 1. The van der Waals surface area contributed by atoms with Crippen LogP contribution >= 0.6 is 0 Å². The van der Waals surface area contributed by atoms with E-state index in [1.165, 1.54) is 12.1 Å². The molecule has 1 atom stereocenters. The van der Waals surface area contributed by atoms with E-state index in [4.69, 9.17) is 4.55 Å². The predicted octanol–water partition coefficient (Wildman–Crippen LogP) is 3.47. The smallest absolute Gasteiger partial charge is 0.282 e. The third kappa shape index (κ3) is 3.54. The van der Waals surface area contributed by atoms with Crippen molar-refractivity contribution in [2.24, 2.45) is 5.41 Å². The van der Waals surface area contributed by atoms with Gasteiger partial charge in [0.25, 0.3) is 10.1 Å². The first-order valence-electron chi connectivity index (χ1n) is 5.73. The maximum atomic E-state index is 10.9. The summed E-state index contributed by atoms with van der Waals surface area (Å²) in [6.07, 6.45) is 0.995. The van der Waals surface area contributed by atoms with Crippen LogP contribution in [0, 0.1) is 5.41 Å². The van der Waals surface area contributed by atoms with E-state index in [1.54, 1.807) is 12.1 Å². The van der Waals surface area contributed by atoms with Gasteiger partial charge in [-0.1, -0.05) is 39.8 Å². The van der Waals surface area contributed by atoms with Crippen molar-refractivity contribution in [3.05, 3.63) is 29.8 Å². The number of benzene rings is 1. The van der Waals surface area contributed by atoms with Crippen LogP contribution in [0.2, 0.25) is 0 Å². The van der Waals surface area contributed by atoms with E-state index in [2.05, 4.69) is 27.7 Å². The van der Waals surface area contributed by atoms with Crippen molar-refractivity contribution < 1.29 is 13.0 Å². The lowest BCUT2D eigenvalue weighted by Crippen LogP contribution is -2.17. The third-order valence-electron chi connectivity index (χ3n) is 3.03. The lowest BCUT2D eigenvalue weighted by atomic mass is 9.75. The molecule has 0 bridgehead atoms. The van der Waals surface area contributed by atoms with Gasteiger partial charge in [-0.15, -0.1) is 0 Å². The molecule has 1 N–H and O–H groups in total. The van der Waals surface area contributed by atoms with Gasteiger partial charge >= 0.3 is 0 Å². The Balaban J connectivity index is 3.10. The molecule has 1 aromatic carbocycles. The van der Waals surface area contributed by atoms with E-state index in [-0.39, 0.29) is 10.3 Å². The van der Waals surface area contributed by atoms with Crippen LogP contribution < -0.4 is 0 Å². The zero-order valence-corrected chi connectivity index (χ0v) is 11.6. The monoisotopic (exact) mass is 256 g/mol. The Bertz CT molecular complexity index is 466. The molecular formula is C13H20O3S. The highest BCUT2D eigenvalue weighted by Gasteiger charge is 2.24. The van der Waals surface area contributed by atoms with Gasteiger partial charge in [0.2, 0.25) is 0 Å². The van der Waals surface area contributed by atoms with E-state index in [9.17, 15) is 8.42 Å². The number of rotatable bonds is 3. The summed E-state index contributed by atoms with van der Waals surface area (Å²) in [5.41, 5.74) is 1.24. The van der Waals surface area contributed by atoms with E-state index in [0.29, 0.717) is 5.92 Å². The Morgan fingerprint density at radius 1 is 1.18 bits per heavy atom. The molecule has 1 rings (SSSR count). The number of hydrogen-bond acceptors (Lipinski definition) is 2. The first kappa shape index (κ1) is 14.2. The van der Waals surface area contributed by atoms with E-state index < -0.39 is 10.1 Å². The van der Waals surface area contributed by atoms with Gasteiger partial charge in [-0.05, 0) is 35.4 Å². The van der Waals surface area contributed by atoms with Gasteiger partial charge in [-0.2, -0.15) is 8.42 Å². The minimum absolute atomic E-state index is 0.0509. The predicted molar refractivity (Wildman–Crippen MR) is 68.7 cm³/mol. The van der Waals surface area contributed by atoms with Crippen molar-refractivity contribution in [3.8, 4) is 0 Å². The fourth-order valence-electron chi connectivity index (χ4n) is 2.22. The molecule has 4 heteroatoms. The largest absolute Gasteiger partial charge is 0.294 e. The fraction of sp³-hybridized carbons (Fsp3) is 0.538.